The Morgan fingerprint density at radius 3 is 2.56 bits per heavy atom. The van der Waals surface area contributed by atoms with Gasteiger partial charge in [-0.2, -0.15) is 0 Å². The molecule has 0 amide bonds. The minimum Gasteiger partial charge on any atom is -0.491 e. The molecular weight excluding hydrogens is 202 g/mol. The molecule has 3 heteroatoms. The number of nitrogens with one attached hydrogen (secondary N) is 1. The van der Waals surface area contributed by atoms with Crippen molar-refractivity contribution in [3.8, 4) is 5.75 Å². The van der Waals surface area contributed by atoms with Crippen LogP contribution >= 0.6 is 0 Å². The second kappa shape index (κ2) is 5.87. The van der Waals surface area contributed by atoms with E-state index in [4.69, 9.17) is 4.74 Å². The lowest BCUT2D eigenvalue weighted by Gasteiger charge is -2.17. The largest absolute Gasteiger partial charge is 0.491 e. The van der Waals surface area contributed by atoms with Crippen LogP contribution in [-0.2, 0) is 0 Å². The van der Waals surface area contributed by atoms with Crippen molar-refractivity contribution < 1.29 is 14.7 Å². The van der Waals surface area contributed by atoms with Gasteiger partial charge in [0.2, 0.25) is 0 Å². The third-order valence-corrected chi connectivity index (χ3v) is 3.02. The van der Waals surface area contributed by atoms with E-state index in [-0.39, 0.29) is 6.10 Å². The lowest BCUT2D eigenvalue weighted by atomic mass is 10.3. The van der Waals surface area contributed by atoms with E-state index in [1.165, 1.54) is 30.8 Å². The van der Waals surface area contributed by atoms with Crippen LogP contribution in [0, 0.1) is 0 Å². The zero-order chi connectivity index (χ0) is 11.2. The van der Waals surface area contributed by atoms with Crippen molar-refractivity contribution in [2.24, 2.45) is 0 Å². The lowest BCUT2D eigenvalue weighted by molar-refractivity contribution is -0.890. The third-order valence-electron chi connectivity index (χ3n) is 3.02. The predicted molar refractivity (Wildman–Crippen MR) is 62.7 cm³/mol. The summed E-state index contributed by atoms with van der Waals surface area (Å²) in [5.41, 5.74) is 0. The lowest BCUT2D eigenvalue weighted by Crippen LogP contribution is -3.11. The molecule has 16 heavy (non-hydrogen) atoms. The van der Waals surface area contributed by atoms with Gasteiger partial charge in [0.25, 0.3) is 0 Å². The van der Waals surface area contributed by atoms with Crippen LogP contribution in [-0.4, -0.2) is 37.5 Å². The molecule has 88 valence electrons. The van der Waals surface area contributed by atoms with E-state index in [0.29, 0.717) is 6.61 Å². The summed E-state index contributed by atoms with van der Waals surface area (Å²) in [7, 11) is 0. The Labute approximate surface area is 96.6 Å². The van der Waals surface area contributed by atoms with E-state index in [1.54, 1.807) is 0 Å². The highest BCUT2D eigenvalue weighted by atomic mass is 16.5. The molecule has 0 aromatic heterocycles. The van der Waals surface area contributed by atoms with E-state index < -0.39 is 0 Å². The van der Waals surface area contributed by atoms with Crippen LogP contribution in [0.2, 0.25) is 0 Å². The summed E-state index contributed by atoms with van der Waals surface area (Å²) >= 11 is 0. The Bertz CT molecular complexity index is 296. The van der Waals surface area contributed by atoms with Crippen molar-refractivity contribution >= 4 is 0 Å². The molecule has 1 aliphatic heterocycles. The summed E-state index contributed by atoms with van der Waals surface area (Å²) in [6.07, 6.45) is 2.23. The molecule has 1 fully saturated rings. The molecule has 1 aromatic carbocycles. The first-order chi connectivity index (χ1) is 7.84. The number of benzene rings is 1. The van der Waals surface area contributed by atoms with Crippen LogP contribution in [0.3, 0.4) is 0 Å². The van der Waals surface area contributed by atoms with E-state index in [2.05, 4.69) is 0 Å². The summed E-state index contributed by atoms with van der Waals surface area (Å²) in [4.78, 5) is 1.50. The Hall–Kier alpha value is -1.06. The van der Waals surface area contributed by atoms with E-state index in [1.807, 2.05) is 30.3 Å². The van der Waals surface area contributed by atoms with Crippen LogP contribution in [0.1, 0.15) is 12.8 Å². The van der Waals surface area contributed by atoms with Gasteiger partial charge in [-0.05, 0) is 12.1 Å². The average molecular weight is 222 g/mol. The Balaban J connectivity index is 1.69. The van der Waals surface area contributed by atoms with E-state index >= 15 is 0 Å². The number of likely N-dealkylation sites (tertiary alicyclic amines) is 1. The summed E-state index contributed by atoms with van der Waals surface area (Å²) in [5, 5.41) is 9.83. The predicted octanol–water partition coefficient (Wildman–Crippen LogP) is 0.105. The molecule has 0 bridgehead atoms. The monoisotopic (exact) mass is 222 g/mol. The van der Waals surface area contributed by atoms with E-state index in [9.17, 15) is 5.11 Å². The summed E-state index contributed by atoms with van der Waals surface area (Å²) in [6, 6.07) is 9.66. The van der Waals surface area contributed by atoms with Gasteiger partial charge in [-0.25, -0.2) is 0 Å². The van der Waals surface area contributed by atoms with Crippen LogP contribution < -0.4 is 9.64 Å². The van der Waals surface area contributed by atoms with Crippen LogP contribution in [0.4, 0.5) is 0 Å². The van der Waals surface area contributed by atoms with Crippen molar-refractivity contribution in [2.45, 2.75) is 18.9 Å². The van der Waals surface area contributed by atoms with Crippen LogP contribution in [0.15, 0.2) is 30.3 Å². The average Bonchev–Trinajstić information content (AvgIpc) is 2.81. The SMILES string of the molecule is O[C@H](COc1ccccc1)C[NH+]1CCCC1. The first-order valence-electron chi connectivity index (χ1n) is 6.04. The zero-order valence-electron chi connectivity index (χ0n) is 9.56. The maximum absolute atomic E-state index is 9.83. The van der Waals surface area contributed by atoms with Crippen molar-refractivity contribution in [1.82, 2.24) is 0 Å². The van der Waals surface area contributed by atoms with Crippen molar-refractivity contribution in [3.05, 3.63) is 30.3 Å². The number of para-hydroxylation sites is 1. The molecule has 2 rings (SSSR count). The Morgan fingerprint density at radius 2 is 1.88 bits per heavy atom. The van der Waals surface area contributed by atoms with Crippen molar-refractivity contribution in [2.75, 3.05) is 26.2 Å². The fourth-order valence-electron chi connectivity index (χ4n) is 2.18. The number of hydrogen-bond acceptors (Lipinski definition) is 2. The minimum atomic E-state index is -0.353. The number of ether oxygens (including phenoxy) is 1. The third kappa shape index (κ3) is 3.51. The zero-order valence-corrected chi connectivity index (χ0v) is 9.56. The molecule has 0 aliphatic carbocycles. The first-order valence-corrected chi connectivity index (χ1v) is 6.04. The molecule has 0 unspecified atom stereocenters. The van der Waals surface area contributed by atoms with Gasteiger partial charge in [0, 0.05) is 12.8 Å². The van der Waals surface area contributed by atoms with Gasteiger partial charge in [0.1, 0.15) is 25.0 Å². The fraction of sp³-hybridized carbons (Fsp3) is 0.538. The molecule has 1 saturated heterocycles. The van der Waals surface area contributed by atoms with Gasteiger partial charge >= 0.3 is 0 Å². The quantitative estimate of drug-likeness (QED) is 0.741. The number of rotatable bonds is 5. The Morgan fingerprint density at radius 1 is 1.19 bits per heavy atom. The first kappa shape index (κ1) is 11.4. The van der Waals surface area contributed by atoms with Gasteiger partial charge in [-0.1, -0.05) is 18.2 Å². The molecule has 1 atom stereocenters. The molecule has 1 aromatic rings. The van der Waals surface area contributed by atoms with Crippen molar-refractivity contribution in [3.63, 3.8) is 0 Å². The molecule has 0 radical (unpaired) electrons. The standard InChI is InChI=1S/C13H19NO2/c15-12(10-14-8-4-5-9-14)11-16-13-6-2-1-3-7-13/h1-3,6-7,12,15H,4-5,8-11H2/p+1/t12-/m0/s1. The molecule has 1 heterocycles. The summed E-state index contributed by atoms with van der Waals surface area (Å²) < 4.78 is 5.51. The maximum Gasteiger partial charge on any atom is 0.137 e. The van der Waals surface area contributed by atoms with Crippen LogP contribution in [0.5, 0.6) is 5.75 Å². The van der Waals surface area contributed by atoms with Gasteiger partial charge in [-0.15, -0.1) is 0 Å². The normalized spacial score (nSPS) is 18.6. The van der Waals surface area contributed by atoms with Gasteiger partial charge in [-0.3, -0.25) is 0 Å². The van der Waals surface area contributed by atoms with Crippen LogP contribution in [0.25, 0.3) is 0 Å². The highest BCUT2D eigenvalue weighted by molar-refractivity contribution is 5.20. The number of aliphatic hydroxyl groups excluding tert-OH is 1. The smallest absolute Gasteiger partial charge is 0.137 e. The molecule has 0 saturated carbocycles. The minimum absolute atomic E-state index is 0.353. The fourth-order valence-corrected chi connectivity index (χ4v) is 2.18. The molecular formula is C13H20NO2+. The molecule has 3 nitrogen and oxygen atoms in total. The molecule has 2 N–H and O–H groups in total. The second-order valence-electron chi connectivity index (χ2n) is 4.44. The number of aliphatic hydroxyl groups is 1. The summed E-state index contributed by atoms with van der Waals surface area (Å²) in [5.74, 6) is 0.831. The highest BCUT2D eigenvalue weighted by Crippen LogP contribution is 2.08. The van der Waals surface area contributed by atoms with Gasteiger partial charge in [0.15, 0.2) is 0 Å². The van der Waals surface area contributed by atoms with Gasteiger partial charge in [0.05, 0.1) is 13.1 Å². The summed E-state index contributed by atoms with van der Waals surface area (Å²) in [6.45, 7) is 3.60. The van der Waals surface area contributed by atoms with Crippen molar-refractivity contribution in [1.29, 1.82) is 0 Å². The number of quaternary nitrogens is 1. The molecule has 1 aliphatic rings. The Kier molecular flexibility index (Phi) is 4.19. The van der Waals surface area contributed by atoms with Gasteiger partial charge < -0.3 is 14.7 Å². The maximum atomic E-state index is 9.83. The molecule has 0 spiro atoms. The highest BCUT2D eigenvalue weighted by Gasteiger charge is 2.19. The number of hydrogen-bond donors (Lipinski definition) is 2. The second-order valence-corrected chi connectivity index (χ2v) is 4.44. The topological polar surface area (TPSA) is 33.9 Å². The van der Waals surface area contributed by atoms with E-state index in [0.717, 1.165) is 12.3 Å².